The highest BCUT2D eigenvalue weighted by Crippen LogP contribution is 2.37. The van der Waals surface area contributed by atoms with E-state index in [1.165, 1.54) is 19.3 Å². The van der Waals surface area contributed by atoms with Crippen LogP contribution in [0.15, 0.2) is 18.2 Å². The number of fused-ring (bicyclic) bond motifs is 1. The van der Waals surface area contributed by atoms with Crippen molar-refractivity contribution < 1.29 is 9.53 Å². The van der Waals surface area contributed by atoms with Crippen LogP contribution in [0.2, 0.25) is 10.0 Å². The number of amides is 1. The van der Waals surface area contributed by atoms with Crippen molar-refractivity contribution in [1.82, 2.24) is 4.90 Å². The van der Waals surface area contributed by atoms with Crippen molar-refractivity contribution in [3.8, 4) is 0 Å². The van der Waals surface area contributed by atoms with Crippen LogP contribution in [0.3, 0.4) is 0 Å². The number of hydrogen-bond donors (Lipinski definition) is 0. The van der Waals surface area contributed by atoms with Gasteiger partial charge in [-0.15, -0.1) is 0 Å². The SMILES string of the molecule is O=C(OCc1cc(Cl)cc(Cl)c1)N1CC2CCCC2C1. The number of halogens is 2. The molecule has 0 N–H and O–H groups in total. The molecule has 1 aromatic rings. The Balaban J connectivity index is 1.54. The molecule has 0 bridgehead atoms. The Morgan fingerprint density at radius 1 is 1.15 bits per heavy atom. The maximum absolute atomic E-state index is 12.1. The molecule has 2 atom stereocenters. The van der Waals surface area contributed by atoms with E-state index in [0.717, 1.165) is 18.7 Å². The summed E-state index contributed by atoms with van der Waals surface area (Å²) in [6.45, 7) is 1.91. The second-order valence-electron chi connectivity index (χ2n) is 5.69. The van der Waals surface area contributed by atoms with Crippen molar-refractivity contribution in [2.24, 2.45) is 11.8 Å². The van der Waals surface area contributed by atoms with E-state index in [1.54, 1.807) is 18.2 Å². The molecule has 1 aromatic carbocycles. The lowest BCUT2D eigenvalue weighted by atomic mass is 10.0. The van der Waals surface area contributed by atoms with Gasteiger partial charge in [-0.2, -0.15) is 0 Å². The van der Waals surface area contributed by atoms with E-state index >= 15 is 0 Å². The highest BCUT2D eigenvalue weighted by molar-refractivity contribution is 6.34. The van der Waals surface area contributed by atoms with E-state index in [2.05, 4.69) is 0 Å². The largest absolute Gasteiger partial charge is 0.445 e. The summed E-state index contributed by atoms with van der Waals surface area (Å²) in [6.07, 6.45) is 3.58. The number of likely N-dealkylation sites (tertiary alicyclic amines) is 1. The molecule has 1 aliphatic carbocycles. The van der Waals surface area contributed by atoms with Crippen LogP contribution >= 0.6 is 23.2 Å². The van der Waals surface area contributed by atoms with Crippen molar-refractivity contribution >= 4 is 29.3 Å². The van der Waals surface area contributed by atoms with E-state index in [1.807, 2.05) is 4.90 Å². The van der Waals surface area contributed by atoms with Gasteiger partial charge in [0.2, 0.25) is 0 Å². The summed E-state index contributed by atoms with van der Waals surface area (Å²) in [5.74, 6) is 1.37. The smallest absolute Gasteiger partial charge is 0.410 e. The van der Waals surface area contributed by atoms with Gasteiger partial charge >= 0.3 is 6.09 Å². The van der Waals surface area contributed by atoms with Crippen LogP contribution < -0.4 is 0 Å². The highest BCUT2D eigenvalue weighted by atomic mass is 35.5. The van der Waals surface area contributed by atoms with Crippen molar-refractivity contribution in [1.29, 1.82) is 0 Å². The third-order valence-corrected chi connectivity index (χ3v) is 4.71. The Hall–Kier alpha value is -0.930. The standard InChI is InChI=1S/C15H17Cl2NO2/c16-13-4-10(5-14(17)6-13)9-20-15(19)18-7-11-2-1-3-12(11)8-18/h4-6,11-12H,1-3,7-9H2. The molecule has 2 fully saturated rings. The van der Waals surface area contributed by atoms with Gasteiger partial charge < -0.3 is 9.64 Å². The quantitative estimate of drug-likeness (QED) is 0.811. The molecular weight excluding hydrogens is 297 g/mol. The maximum atomic E-state index is 12.1. The lowest BCUT2D eigenvalue weighted by Crippen LogP contribution is -2.30. The number of ether oxygens (including phenoxy) is 1. The van der Waals surface area contributed by atoms with Crippen LogP contribution in [-0.4, -0.2) is 24.1 Å². The molecule has 3 rings (SSSR count). The van der Waals surface area contributed by atoms with Crippen LogP contribution in [0.5, 0.6) is 0 Å². The van der Waals surface area contributed by atoms with Crippen molar-refractivity contribution in [3.63, 3.8) is 0 Å². The summed E-state index contributed by atoms with van der Waals surface area (Å²) >= 11 is 11.8. The third-order valence-electron chi connectivity index (χ3n) is 4.27. The normalized spacial score (nSPS) is 24.8. The van der Waals surface area contributed by atoms with Crippen molar-refractivity contribution in [2.75, 3.05) is 13.1 Å². The summed E-state index contributed by atoms with van der Waals surface area (Å²) in [5, 5.41) is 1.11. The first kappa shape index (κ1) is 14.0. The van der Waals surface area contributed by atoms with Crippen LogP contribution in [0.25, 0.3) is 0 Å². The van der Waals surface area contributed by atoms with E-state index in [0.29, 0.717) is 21.9 Å². The van der Waals surface area contributed by atoms with Crippen molar-refractivity contribution in [3.05, 3.63) is 33.8 Å². The number of benzene rings is 1. The maximum Gasteiger partial charge on any atom is 0.410 e. The molecular formula is C15H17Cl2NO2. The van der Waals surface area contributed by atoms with E-state index in [-0.39, 0.29) is 12.7 Å². The molecule has 0 aromatic heterocycles. The molecule has 1 aliphatic heterocycles. The van der Waals surface area contributed by atoms with Gasteiger partial charge in [0, 0.05) is 23.1 Å². The minimum absolute atomic E-state index is 0.213. The lowest BCUT2D eigenvalue weighted by molar-refractivity contribution is 0.102. The van der Waals surface area contributed by atoms with Crippen LogP contribution in [0.4, 0.5) is 4.79 Å². The highest BCUT2D eigenvalue weighted by Gasteiger charge is 2.38. The van der Waals surface area contributed by atoms with Gasteiger partial charge in [0.1, 0.15) is 6.61 Å². The molecule has 2 aliphatic rings. The van der Waals surface area contributed by atoms with Crippen LogP contribution in [0, 0.1) is 11.8 Å². The first-order valence-corrected chi connectivity index (χ1v) is 7.74. The fourth-order valence-corrected chi connectivity index (χ4v) is 3.89. The average molecular weight is 314 g/mol. The second kappa shape index (κ2) is 5.82. The molecule has 3 nitrogen and oxygen atoms in total. The second-order valence-corrected chi connectivity index (χ2v) is 6.56. The number of nitrogens with zero attached hydrogens (tertiary/aromatic N) is 1. The van der Waals surface area contributed by atoms with Gasteiger partial charge in [0.25, 0.3) is 0 Å². The first-order chi connectivity index (χ1) is 9.61. The molecule has 2 unspecified atom stereocenters. The number of rotatable bonds is 2. The van der Waals surface area contributed by atoms with Gasteiger partial charge in [0.15, 0.2) is 0 Å². The van der Waals surface area contributed by atoms with Crippen LogP contribution in [-0.2, 0) is 11.3 Å². The van der Waals surface area contributed by atoms with Gasteiger partial charge in [0.05, 0.1) is 0 Å². The van der Waals surface area contributed by atoms with Gasteiger partial charge in [-0.25, -0.2) is 4.79 Å². The fourth-order valence-electron chi connectivity index (χ4n) is 3.31. The monoisotopic (exact) mass is 313 g/mol. The molecule has 5 heteroatoms. The van der Waals surface area contributed by atoms with Gasteiger partial charge in [-0.3, -0.25) is 0 Å². The Kier molecular flexibility index (Phi) is 4.08. The summed E-state index contributed by atoms with van der Waals surface area (Å²) in [6, 6.07) is 5.19. The predicted octanol–water partition coefficient (Wildman–Crippen LogP) is 4.36. The zero-order valence-corrected chi connectivity index (χ0v) is 12.7. The molecule has 1 saturated heterocycles. The van der Waals surface area contributed by atoms with Gasteiger partial charge in [-0.1, -0.05) is 29.6 Å². The Bertz CT molecular complexity index is 488. The predicted molar refractivity (Wildman–Crippen MR) is 79.1 cm³/mol. The molecule has 108 valence electrons. The molecule has 0 spiro atoms. The summed E-state index contributed by atoms with van der Waals surface area (Å²) < 4.78 is 5.36. The van der Waals surface area contributed by atoms with Gasteiger partial charge in [-0.05, 0) is 48.4 Å². The van der Waals surface area contributed by atoms with Crippen molar-refractivity contribution in [2.45, 2.75) is 25.9 Å². The Morgan fingerprint density at radius 3 is 2.35 bits per heavy atom. The minimum Gasteiger partial charge on any atom is -0.445 e. The summed E-state index contributed by atoms with van der Waals surface area (Å²) in [4.78, 5) is 13.9. The molecule has 1 heterocycles. The molecule has 20 heavy (non-hydrogen) atoms. The number of hydrogen-bond acceptors (Lipinski definition) is 2. The zero-order chi connectivity index (χ0) is 14.1. The van der Waals surface area contributed by atoms with E-state index in [9.17, 15) is 4.79 Å². The Morgan fingerprint density at radius 2 is 1.75 bits per heavy atom. The number of carbonyl (C=O) groups is 1. The lowest BCUT2D eigenvalue weighted by Gasteiger charge is -2.17. The molecule has 1 saturated carbocycles. The fraction of sp³-hybridized carbons (Fsp3) is 0.533. The molecule has 0 radical (unpaired) electrons. The van der Waals surface area contributed by atoms with E-state index in [4.69, 9.17) is 27.9 Å². The summed E-state index contributed by atoms with van der Waals surface area (Å²) in [5.41, 5.74) is 0.815. The van der Waals surface area contributed by atoms with E-state index < -0.39 is 0 Å². The molecule has 1 amide bonds. The third kappa shape index (κ3) is 3.04. The van der Waals surface area contributed by atoms with Crippen LogP contribution in [0.1, 0.15) is 24.8 Å². The average Bonchev–Trinajstić information content (AvgIpc) is 2.95. The number of carbonyl (C=O) groups excluding carboxylic acids is 1. The first-order valence-electron chi connectivity index (χ1n) is 6.98. The minimum atomic E-state index is -0.226. The Labute approximate surface area is 128 Å². The summed E-state index contributed by atoms with van der Waals surface area (Å²) in [7, 11) is 0. The zero-order valence-electron chi connectivity index (χ0n) is 11.1. The topological polar surface area (TPSA) is 29.5 Å².